The molecule has 2 N–H and O–H groups in total. The molecule has 208 valence electrons. The molecular weight excluding hydrogens is 535 g/mol. The third-order valence-electron chi connectivity index (χ3n) is 6.49. The predicted molar refractivity (Wildman–Crippen MR) is 140 cm³/mol. The molecule has 0 saturated carbocycles. The van der Waals surface area contributed by atoms with Gasteiger partial charge >= 0.3 is 6.36 Å². The van der Waals surface area contributed by atoms with E-state index >= 15 is 0 Å². The molecule has 0 aliphatic carbocycles. The smallest absolute Gasteiger partial charge is 0.405 e. The van der Waals surface area contributed by atoms with Crippen LogP contribution in [0.3, 0.4) is 0 Å². The first-order valence-corrected chi connectivity index (χ1v) is 13.3. The summed E-state index contributed by atoms with van der Waals surface area (Å²) in [7, 11) is 0. The minimum atomic E-state index is -4.73. The topological polar surface area (TPSA) is 112 Å². The molecule has 0 unspecified atom stereocenters. The van der Waals surface area contributed by atoms with E-state index in [0.29, 0.717) is 48.6 Å². The molecule has 1 atom stereocenters. The molecule has 1 aromatic carbocycles. The number of carbonyl (C=O) groups excluding carboxylic acids is 1. The number of hydrogen-bond acceptors (Lipinski definition) is 11. The molecule has 4 heterocycles. The number of benzene rings is 1. The van der Waals surface area contributed by atoms with Gasteiger partial charge in [0.15, 0.2) is 5.82 Å². The van der Waals surface area contributed by atoms with Gasteiger partial charge in [0, 0.05) is 63.6 Å². The molecule has 0 bridgehead atoms. The van der Waals surface area contributed by atoms with Crippen LogP contribution in [-0.4, -0.2) is 94.3 Å². The maximum atomic E-state index is 12.7. The summed E-state index contributed by atoms with van der Waals surface area (Å²) in [4.78, 5) is 18.8. The van der Waals surface area contributed by atoms with Crippen LogP contribution in [0.2, 0.25) is 0 Å². The Hall–Kier alpha value is -3.56. The molecule has 0 spiro atoms. The standard InChI is InChI=1S/C24H28F3N9O2S/c25-24(26,27)38-19-5-2-1-4-17(19)14-34-10-12-35(13-11-34)16-21(37)30-23-33-32-22(39-23)29-18-7-9-36(15-18)20-6-3-8-28-31-20/h1-6,8,18H,7,9-16H2,(H,29,32)(H,30,33,37)/t18-/m1/s1. The number of carbonyl (C=O) groups is 1. The minimum Gasteiger partial charge on any atom is -0.405 e. The van der Waals surface area contributed by atoms with Crippen molar-refractivity contribution in [1.82, 2.24) is 30.2 Å². The summed E-state index contributed by atoms with van der Waals surface area (Å²) >= 11 is 1.28. The molecule has 2 fully saturated rings. The van der Waals surface area contributed by atoms with Crippen molar-refractivity contribution in [2.75, 3.05) is 61.3 Å². The Balaban J connectivity index is 1.04. The first-order chi connectivity index (χ1) is 18.8. The Morgan fingerprint density at radius 3 is 2.54 bits per heavy atom. The molecule has 2 saturated heterocycles. The van der Waals surface area contributed by atoms with Crippen molar-refractivity contribution in [3.8, 4) is 5.75 Å². The fourth-order valence-electron chi connectivity index (χ4n) is 4.62. The van der Waals surface area contributed by atoms with E-state index in [-0.39, 0.29) is 24.2 Å². The van der Waals surface area contributed by atoms with Crippen molar-refractivity contribution in [1.29, 1.82) is 0 Å². The maximum Gasteiger partial charge on any atom is 0.573 e. The SMILES string of the molecule is O=C(CN1CCN(Cc2ccccc2OC(F)(F)F)CC1)Nc1nnc(N[C@@H]2CCN(c3cccnn3)C2)s1. The Kier molecular flexibility index (Phi) is 8.38. The van der Waals surface area contributed by atoms with Gasteiger partial charge in [0.1, 0.15) is 5.75 Å². The summed E-state index contributed by atoms with van der Waals surface area (Å²) < 4.78 is 42.2. The summed E-state index contributed by atoms with van der Waals surface area (Å²) in [6.07, 6.45) is -2.17. The lowest BCUT2D eigenvalue weighted by Gasteiger charge is -2.34. The van der Waals surface area contributed by atoms with Crippen LogP contribution < -0.4 is 20.3 Å². The Labute approximate surface area is 227 Å². The molecule has 5 rings (SSSR count). The highest BCUT2D eigenvalue weighted by Gasteiger charge is 2.32. The zero-order valence-electron chi connectivity index (χ0n) is 21.0. The molecule has 3 aromatic rings. The number of rotatable bonds is 9. The summed E-state index contributed by atoms with van der Waals surface area (Å²) in [5, 5.41) is 23.6. The molecule has 1 amide bonds. The molecule has 2 aromatic heterocycles. The van der Waals surface area contributed by atoms with Crippen LogP contribution >= 0.6 is 11.3 Å². The maximum absolute atomic E-state index is 12.7. The minimum absolute atomic E-state index is 0.187. The largest absolute Gasteiger partial charge is 0.573 e. The van der Waals surface area contributed by atoms with Crippen LogP contribution in [0.4, 0.5) is 29.3 Å². The van der Waals surface area contributed by atoms with E-state index in [0.717, 1.165) is 25.3 Å². The van der Waals surface area contributed by atoms with Crippen LogP contribution in [-0.2, 0) is 11.3 Å². The summed E-state index contributed by atoms with van der Waals surface area (Å²) in [5.41, 5.74) is 0.473. The molecule has 2 aliphatic heterocycles. The number of aromatic nitrogens is 4. The monoisotopic (exact) mass is 563 g/mol. The van der Waals surface area contributed by atoms with Crippen LogP contribution in [0.15, 0.2) is 42.6 Å². The number of halogens is 3. The second-order valence-corrected chi connectivity index (χ2v) is 10.3. The molecule has 39 heavy (non-hydrogen) atoms. The van der Waals surface area contributed by atoms with Gasteiger partial charge in [-0.25, -0.2) is 0 Å². The van der Waals surface area contributed by atoms with Gasteiger partial charge in [0.25, 0.3) is 0 Å². The fraction of sp³-hybridized carbons (Fsp3) is 0.458. The normalized spacial score (nSPS) is 18.7. The number of amides is 1. The van der Waals surface area contributed by atoms with Gasteiger partial charge in [-0.3, -0.25) is 19.9 Å². The second kappa shape index (κ2) is 12.1. The van der Waals surface area contributed by atoms with Crippen molar-refractivity contribution >= 4 is 33.3 Å². The highest BCUT2D eigenvalue weighted by atomic mass is 32.1. The molecule has 2 aliphatic rings. The van der Waals surface area contributed by atoms with Gasteiger partial charge in [0.05, 0.1) is 6.54 Å². The van der Waals surface area contributed by atoms with E-state index in [9.17, 15) is 18.0 Å². The van der Waals surface area contributed by atoms with E-state index in [1.165, 1.54) is 23.5 Å². The predicted octanol–water partition coefficient (Wildman–Crippen LogP) is 2.67. The number of para-hydroxylation sites is 1. The third-order valence-corrected chi connectivity index (χ3v) is 7.26. The molecular formula is C24H28F3N9O2S. The Bertz CT molecular complexity index is 1240. The lowest BCUT2D eigenvalue weighted by molar-refractivity contribution is -0.275. The number of hydrogen-bond donors (Lipinski definition) is 2. The zero-order chi connectivity index (χ0) is 27.2. The summed E-state index contributed by atoms with van der Waals surface area (Å²) in [6.45, 7) is 4.63. The lowest BCUT2D eigenvalue weighted by Crippen LogP contribution is -2.48. The van der Waals surface area contributed by atoms with E-state index in [1.807, 2.05) is 21.9 Å². The van der Waals surface area contributed by atoms with Gasteiger partial charge in [0.2, 0.25) is 16.2 Å². The van der Waals surface area contributed by atoms with Crippen LogP contribution in [0.25, 0.3) is 0 Å². The number of anilines is 3. The van der Waals surface area contributed by atoms with Crippen molar-refractivity contribution in [2.24, 2.45) is 0 Å². The van der Waals surface area contributed by atoms with E-state index in [2.05, 4.69) is 40.7 Å². The highest BCUT2D eigenvalue weighted by molar-refractivity contribution is 7.19. The van der Waals surface area contributed by atoms with Crippen molar-refractivity contribution < 1.29 is 22.7 Å². The molecule has 15 heteroatoms. The van der Waals surface area contributed by atoms with Gasteiger partial charge in [-0.15, -0.1) is 28.5 Å². The average molecular weight is 564 g/mol. The van der Waals surface area contributed by atoms with Gasteiger partial charge in [-0.1, -0.05) is 29.5 Å². The number of piperazine rings is 1. The highest BCUT2D eigenvalue weighted by Crippen LogP contribution is 2.28. The summed E-state index contributed by atoms with van der Waals surface area (Å²) in [6, 6.07) is 10.1. The second-order valence-electron chi connectivity index (χ2n) is 9.33. The fourth-order valence-corrected chi connectivity index (χ4v) is 5.36. The van der Waals surface area contributed by atoms with E-state index in [4.69, 9.17) is 0 Å². The zero-order valence-corrected chi connectivity index (χ0v) is 21.8. The van der Waals surface area contributed by atoms with E-state index in [1.54, 1.807) is 18.3 Å². The van der Waals surface area contributed by atoms with Crippen molar-refractivity contribution in [2.45, 2.75) is 25.4 Å². The van der Waals surface area contributed by atoms with Crippen molar-refractivity contribution in [3.63, 3.8) is 0 Å². The third kappa shape index (κ3) is 7.74. The number of nitrogens with zero attached hydrogens (tertiary/aromatic N) is 7. The number of nitrogens with one attached hydrogen (secondary N) is 2. The number of alkyl halides is 3. The summed E-state index contributed by atoms with van der Waals surface area (Å²) in [5.74, 6) is 0.464. The van der Waals surface area contributed by atoms with Crippen LogP contribution in [0.1, 0.15) is 12.0 Å². The quantitative estimate of drug-likeness (QED) is 0.403. The number of ether oxygens (including phenoxy) is 1. The average Bonchev–Trinajstić information content (AvgIpc) is 3.56. The lowest BCUT2D eigenvalue weighted by atomic mass is 10.1. The van der Waals surface area contributed by atoms with Crippen LogP contribution in [0, 0.1) is 0 Å². The van der Waals surface area contributed by atoms with Gasteiger partial charge in [-0.05, 0) is 24.6 Å². The first-order valence-electron chi connectivity index (χ1n) is 12.5. The van der Waals surface area contributed by atoms with Gasteiger partial charge in [-0.2, -0.15) is 5.10 Å². The Morgan fingerprint density at radius 2 is 1.77 bits per heavy atom. The molecule has 11 nitrogen and oxygen atoms in total. The van der Waals surface area contributed by atoms with E-state index < -0.39 is 6.36 Å². The van der Waals surface area contributed by atoms with Crippen LogP contribution in [0.5, 0.6) is 5.75 Å². The Morgan fingerprint density at radius 1 is 1.00 bits per heavy atom. The van der Waals surface area contributed by atoms with Crippen molar-refractivity contribution in [3.05, 3.63) is 48.2 Å². The molecule has 0 radical (unpaired) electrons. The first kappa shape index (κ1) is 27.0. The van der Waals surface area contributed by atoms with Gasteiger partial charge < -0.3 is 15.0 Å².